The Kier molecular flexibility index (Phi) is 4.33. The van der Waals surface area contributed by atoms with Crippen molar-refractivity contribution in [3.63, 3.8) is 0 Å². The fourth-order valence-corrected chi connectivity index (χ4v) is 1.37. The molecule has 0 fully saturated rings. The van der Waals surface area contributed by atoms with Crippen molar-refractivity contribution in [2.75, 3.05) is 6.61 Å². The van der Waals surface area contributed by atoms with Crippen molar-refractivity contribution in [3.8, 4) is 11.8 Å². The number of rotatable bonds is 4. The SMILES string of the molecule is Cc1ccc(OCC(=O)NC(C)(C)C#N)cc1C. The van der Waals surface area contributed by atoms with Crippen molar-refractivity contribution >= 4 is 5.91 Å². The van der Waals surface area contributed by atoms with E-state index in [1.807, 2.05) is 38.1 Å². The summed E-state index contributed by atoms with van der Waals surface area (Å²) in [7, 11) is 0. The van der Waals surface area contributed by atoms with E-state index in [2.05, 4.69) is 5.32 Å². The number of nitrogens with zero attached hydrogens (tertiary/aromatic N) is 1. The lowest BCUT2D eigenvalue weighted by Gasteiger charge is -2.17. The van der Waals surface area contributed by atoms with Gasteiger partial charge in [0.25, 0.3) is 5.91 Å². The molecule has 0 spiro atoms. The smallest absolute Gasteiger partial charge is 0.259 e. The molecule has 0 aliphatic heterocycles. The molecule has 96 valence electrons. The molecule has 0 saturated heterocycles. The summed E-state index contributed by atoms with van der Waals surface area (Å²) in [5.41, 5.74) is 1.42. The van der Waals surface area contributed by atoms with E-state index in [1.54, 1.807) is 13.8 Å². The lowest BCUT2D eigenvalue weighted by Crippen LogP contribution is -2.44. The van der Waals surface area contributed by atoms with Gasteiger partial charge in [0.1, 0.15) is 11.3 Å². The summed E-state index contributed by atoms with van der Waals surface area (Å²) in [5, 5.41) is 11.4. The molecule has 1 rings (SSSR count). The van der Waals surface area contributed by atoms with Crippen LogP contribution in [0, 0.1) is 25.2 Å². The third kappa shape index (κ3) is 4.10. The van der Waals surface area contributed by atoms with Crippen molar-refractivity contribution in [1.29, 1.82) is 5.26 Å². The minimum absolute atomic E-state index is 0.0897. The van der Waals surface area contributed by atoms with Gasteiger partial charge in [0.15, 0.2) is 6.61 Å². The fourth-order valence-electron chi connectivity index (χ4n) is 1.37. The van der Waals surface area contributed by atoms with E-state index < -0.39 is 5.54 Å². The Morgan fingerprint density at radius 1 is 1.39 bits per heavy atom. The Hall–Kier alpha value is -2.02. The molecule has 0 bridgehead atoms. The lowest BCUT2D eigenvalue weighted by molar-refractivity contribution is -0.124. The monoisotopic (exact) mass is 246 g/mol. The van der Waals surface area contributed by atoms with Crippen LogP contribution in [0.2, 0.25) is 0 Å². The molecule has 0 aliphatic rings. The summed E-state index contributed by atoms with van der Waals surface area (Å²) < 4.78 is 5.37. The topological polar surface area (TPSA) is 62.1 Å². The highest BCUT2D eigenvalue weighted by molar-refractivity contribution is 5.78. The summed E-state index contributed by atoms with van der Waals surface area (Å²) in [5.74, 6) is 0.350. The molecule has 0 saturated carbocycles. The van der Waals surface area contributed by atoms with E-state index in [1.165, 1.54) is 5.56 Å². The molecule has 0 heterocycles. The molecule has 1 N–H and O–H groups in total. The van der Waals surface area contributed by atoms with Gasteiger partial charge in [-0.2, -0.15) is 5.26 Å². The van der Waals surface area contributed by atoms with Crippen molar-refractivity contribution in [1.82, 2.24) is 5.32 Å². The van der Waals surface area contributed by atoms with Gasteiger partial charge in [0.05, 0.1) is 6.07 Å². The van der Waals surface area contributed by atoms with Crippen LogP contribution in [0.3, 0.4) is 0 Å². The number of carbonyl (C=O) groups is 1. The summed E-state index contributed by atoms with van der Waals surface area (Å²) in [6.07, 6.45) is 0. The predicted molar refractivity (Wildman–Crippen MR) is 69.2 cm³/mol. The predicted octanol–water partition coefficient (Wildman–Crippen LogP) is 2.10. The van der Waals surface area contributed by atoms with Crippen molar-refractivity contribution in [2.45, 2.75) is 33.2 Å². The normalized spacial score (nSPS) is 10.6. The maximum Gasteiger partial charge on any atom is 0.259 e. The van der Waals surface area contributed by atoms with Crippen LogP contribution in [0.4, 0.5) is 0 Å². The lowest BCUT2D eigenvalue weighted by atomic mass is 10.1. The standard InChI is InChI=1S/C14H18N2O2/c1-10-5-6-12(7-11(10)2)18-8-13(17)16-14(3,4)9-15/h5-7H,8H2,1-4H3,(H,16,17). The zero-order chi connectivity index (χ0) is 13.8. The second-order valence-electron chi connectivity index (χ2n) is 4.82. The summed E-state index contributed by atoms with van der Waals surface area (Å²) in [6.45, 7) is 7.19. The van der Waals surface area contributed by atoms with E-state index in [4.69, 9.17) is 10.00 Å². The number of aryl methyl sites for hydroxylation is 2. The van der Waals surface area contributed by atoms with Gasteiger partial charge in [-0.15, -0.1) is 0 Å². The number of nitrogens with one attached hydrogen (secondary N) is 1. The zero-order valence-corrected chi connectivity index (χ0v) is 11.2. The molecular weight excluding hydrogens is 228 g/mol. The summed E-state index contributed by atoms with van der Waals surface area (Å²) >= 11 is 0. The van der Waals surface area contributed by atoms with E-state index in [9.17, 15) is 4.79 Å². The van der Waals surface area contributed by atoms with E-state index in [0.717, 1.165) is 5.56 Å². The molecule has 0 radical (unpaired) electrons. The van der Waals surface area contributed by atoms with Gasteiger partial charge in [-0.05, 0) is 51.0 Å². The molecule has 1 aromatic carbocycles. The number of carbonyl (C=O) groups excluding carboxylic acids is 1. The molecule has 0 aliphatic carbocycles. The first-order chi connectivity index (χ1) is 8.34. The molecule has 1 amide bonds. The third-order valence-electron chi connectivity index (χ3n) is 2.58. The highest BCUT2D eigenvalue weighted by atomic mass is 16.5. The Morgan fingerprint density at radius 3 is 2.61 bits per heavy atom. The minimum atomic E-state index is -0.871. The second-order valence-corrected chi connectivity index (χ2v) is 4.82. The largest absolute Gasteiger partial charge is 0.484 e. The molecule has 4 heteroatoms. The number of ether oxygens (including phenoxy) is 1. The van der Waals surface area contributed by atoms with Crippen LogP contribution in [-0.2, 0) is 4.79 Å². The van der Waals surface area contributed by atoms with Gasteiger partial charge in [-0.1, -0.05) is 6.07 Å². The van der Waals surface area contributed by atoms with Crippen LogP contribution >= 0.6 is 0 Å². The molecule has 1 aromatic rings. The van der Waals surface area contributed by atoms with Gasteiger partial charge in [0, 0.05) is 0 Å². The van der Waals surface area contributed by atoms with E-state index in [0.29, 0.717) is 5.75 Å². The number of nitriles is 1. The molecule has 4 nitrogen and oxygen atoms in total. The first-order valence-electron chi connectivity index (χ1n) is 5.76. The van der Waals surface area contributed by atoms with Crippen LogP contribution in [0.5, 0.6) is 5.75 Å². The summed E-state index contributed by atoms with van der Waals surface area (Å²) in [4.78, 5) is 11.6. The molecule has 0 atom stereocenters. The van der Waals surface area contributed by atoms with E-state index in [-0.39, 0.29) is 12.5 Å². The average molecular weight is 246 g/mol. The second kappa shape index (κ2) is 5.54. The van der Waals surface area contributed by atoms with Crippen LogP contribution in [-0.4, -0.2) is 18.1 Å². The van der Waals surface area contributed by atoms with Crippen LogP contribution < -0.4 is 10.1 Å². The quantitative estimate of drug-likeness (QED) is 0.885. The van der Waals surface area contributed by atoms with Gasteiger partial charge >= 0.3 is 0 Å². The maximum atomic E-state index is 11.6. The highest BCUT2D eigenvalue weighted by Crippen LogP contribution is 2.16. The maximum absolute atomic E-state index is 11.6. The van der Waals surface area contributed by atoms with Crippen molar-refractivity contribution < 1.29 is 9.53 Å². The number of hydrogen-bond donors (Lipinski definition) is 1. The first kappa shape index (κ1) is 14.0. The Morgan fingerprint density at radius 2 is 2.06 bits per heavy atom. The molecule has 0 aromatic heterocycles. The van der Waals surface area contributed by atoms with Gasteiger partial charge < -0.3 is 10.1 Å². The van der Waals surface area contributed by atoms with Gasteiger partial charge in [0.2, 0.25) is 0 Å². The molecule has 0 unspecified atom stereocenters. The first-order valence-corrected chi connectivity index (χ1v) is 5.76. The number of benzene rings is 1. The highest BCUT2D eigenvalue weighted by Gasteiger charge is 2.19. The van der Waals surface area contributed by atoms with Crippen LogP contribution in [0.1, 0.15) is 25.0 Å². The average Bonchev–Trinajstić information content (AvgIpc) is 2.30. The van der Waals surface area contributed by atoms with Gasteiger partial charge in [-0.3, -0.25) is 4.79 Å². The minimum Gasteiger partial charge on any atom is -0.484 e. The van der Waals surface area contributed by atoms with Crippen LogP contribution in [0.15, 0.2) is 18.2 Å². The van der Waals surface area contributed by atoms with E-state index >= 15 is 0 Å². The summed E-state index contributed by atoms with van der Waals surface area (Å²) in [6, 6.07) is 7.66. The number of amides is 1. The molecule has 18 heavy (non-hydrogen) atoms. The Bertz CT molecular complexity index is 487. The molecular formula is C14H18N2O2. The van der Waals surface area contributed by atoms with Crippen LogP contribution in [0.25, 0.3) is 0 Å². The van der Waals surface area contributed by atoms with Crippen molar-refractivity contribution in [2.24, 2.45) is 0 Å². The fraction of sp³-hybridized carbons (Fsp3) is 0.429. The third-order valence-corrected chi connectivity index (χ3v) is 2.58. The van der Waals surface area contributed by atoms with Gasteiger partial charge in [-0.25, -0.2) is 0 Å². The Labute approximate surface area is 108 Å². The number of hydrogen-bond acceptors (Lipinski definition) is 3. The zero-order valence-electron chi connectivity index (χ0n) is 11.2. The van der Waals surface area contributed by atoms with Crippen molar-refractivity contribution in [3.05, 3.63) is 29.3 Å². The Balaban J connectivity index is 2.53.